The number of nitriles is 1. The number of H-pyrrole nitrogens is 1. The standard InChI is InChI=1S/C27H21F3N4O5/c1-2-36-27(35)21(11-18-13-32-15-33-18)38-24-22(28)25(30)34-26(23(24)29)39-20-10-17(12-31)8-9-19(20)37-14-16-6-4-3-5-7-16/h3-10,13,15,21H,2,11,14H2,1H3,(H,32,33). The van der Waals surface area contributed by atoms with Crippen LogP contribution in [0.25, 0.3) is 0 Å². The summed E-state index contributed by atoms with van der Waals surface area (Å²) in [4.78, 5) is 22.3. The van der Waals surface area contributed by atoms with E-state index in [2.05, 4.69) is 15.0 Å². The van der Waals surface area contributed by atoms with E-state index in [1.807, 2.05) is 36.4 Å². The third-order valence-corrected chi connectivity index (χ3v) is 5.24. The van der Waals surface area contributed by atoms with E-state index in [1.165, 1.54) is 37.6 Å². The van der Waals surface area contributed by atoms with Gasteiger partial charge >= 0.3 is 5.97 Å². The van der Waals surface area contributed by atoms with Crippen molar-refractivity contribution in [1.82, 2.24) is 15.0 Å². The van der Waals surface area contributed by atoms with Crippen LogP contribution in [0.3, 0.4) is 0 Å². The van der Waals surface area contributed by atoms with Gasteiger partial charge < -0.3 is 23.9 Å². The number of carbonyl (C=O) groups is 1. The lowest BCUT2D eigenvalue weighted by Crippen LogP contribution is -2.32. The topological polar surface area (TPSA) is 119 Å². The fraction of sp³-hybridized carbons (Fsp3) is 0.185. The number of benzene rings is 2. The van der Waals surface area contributed by atoms with Gasteiger partial charge in [-0.05, 0) is 24.6 Å². The minimum absolute atomic E-state index is 0.0374. The molecule has 0 aliphatic heterocycles. The van der Waals surface area contributed by atoms with E-state index >= 15 is 4.39 Å². The van der Waals surface area contributed by atoms with Gasteiger partial charge in [0.1, 0.15) is 6.61 Å². The van der Waals surface area contributed by atoms with E-state index in [-0.39, 0.29) is 36.7 Å². The first-order valence-corrected chi connectivity index (χ1v) is 11.6. The number of carbonyl (C=O) groups excluding carboxylic acids is 1. The van der Waals surface area contributed by atoms with Crippen LogP contribution in [0.2, 0.25) is 0 Å². The maximum Gasteiger partial charge on any atom is 0.347 e. The summed E-state index contributed by atoms with van der Waals surface area (Å²) in [5.41, 5.74) is 1.26. The van der Waals surface area contributed by atoms with Crippen molar-refractivity contribution in [2.24, 2.45) is 0 Å². The van der Waals surface area contributed by atoms with Crippen molar-refractivity contribution in [2.75, 3.05) is 6.61 Å². The Balaban J connectivity index is 1.66. The summed E-state index contributed by atoms with van der Waals surface area (Å²) < 4.78 is 66.0. The molecule has 4 rings (SSSR count). The third kappa shape index (κ3) is 6.64. The van der Waals surface area contributed by atoms with Crippen LogP contribution in [0.15, 0.2) is 61.1 Å². The van der Waals surface area contributed by atoms with Crippen molar-refractivity contribution in [3.05, 3.63) is 95.5 Å². The highest BCUT2D eigenvalue weighted by Gasteiger charge is 2.31. The minimum atomic E-state index is -1.78. The predicted molar refractivity (Wildman–Crippen MR) is 129 cm³/mol. The fourth-order valence-corrected chi connectivity index (χ4v) is 3.40. The monoisotopic (exact) mass is 538 g/mol. The number of rotatable bonds is 11. The first kappa shape index (κ1) is 27.0. The molecule has 0 aliphatic rings. The quantitative estimate of drug-likeness (QED) is 0.209. The summed E-state index contributed by atoms with van der Waals surface area (Å²) in [6.45, 7) is 1.60. The summed E-state index contributed by atoms with van der Waals surface area (Å²) >= 11 is 0. The summed E-state index contributed by atoms with van der Waals surface area (Å²) in [6, 6.07) is 15.1. The van der Waals surface area contributed by atoms with Gasteiger partial charge in [0.2, 0.25) is 23.5 Å². The highest BCUT2D eigenvalue weighted by Crippen LogP contribution is 2.37. The number of halogens is 3. The number of nitrogens with zero attached hydrogens (tertiary/aromatic N) is 3. The van der Waals surface area contributed by atoms with Crippen LogP contribution in [0.1, 0.15) is 23.7 Å². The number of ether oxygens (including phenoxy) is 4. The molecule has 2 aromatic heterocycles. The molecule has 0 spiro atoms. The average Bonchev–Trinajstić information content (AvgIpc) is 3.46. The number of aromatic nitrogens is 3. The number of hydrogen-bond donors (Lipinski definition) is 1. The van der Waals surface area contributed by atoms with Crippen molar-refractivity contribution in [1.29, 1.82) is 5.26 Å². The molecule has 1 atom stereocenters. The van der Waals surface area contributed by atoms with E-state index in [0.717, 1.165) is 5.56 Å². The molecular formula is C27H21F3N4O5. The summed E-state index contributed by atoms with van der Waals surface area (Å²) in [5, 5.41) is 9.29. The Morgan fingerprint density at radius 1 is 1.10 bits per heavy atom. The molecular weight excluding hydrogens is 517 g/mol. The van der Waals surface area contributed by atoms with Gasteiger partial charge in [0.25, 0.3) is 11.8 Å². The third-order valence-electron chi connectivity index (χ3n) is 5.24. The van der Waals surface area contributed by atoms with Gasteiger partial charge in [0, 0.05) is 18.7 Å². The Kier molecular flexibility index (Phi) is 8.63. The molecule has 0 saturated heterocycles. The van der Waals surface area contributed by atoms with Crippen LogP contribution >= 0.6 is 0 Å². The summed E-state index contributed by atoms with van der Waals surface area (Å²) in [6.07, 6.45) is 0.981. The number of imidazole rings is 1. The first-order valence-electron chi connectivity index (χ1n) is 11.6. The van der Waals surface area contributed by atoms with E-state index in [1.54, 1.807) is 0 Å². The molecule has 9 nitrogen and oxygen atoms in total. The average molecular weight is 538 g/mol. The Bertz CT molecular complexity index is 1480. The highest BCUT2D eigenvalue weighted by molar-refractivity contribution is 5.75. The van der Waals surface area contributed by atoms with Crippen molar-refractivity contribution in [2.45, 2.75) is 26.1 Å². The van der Waals surface area contributed by atoms with Crippen LogP contribution in [-0.2, 0) is 22.6 Å². The Morgan fingerprint density at radius 2 is 1.90 bits per heavy atom. The summed E-state index contributed by atoms with van der Waals surface area (Å²) in [5.74, 6) is -8.35. The van der Waals surface area contributed by atoms with Crippen molar-refractivity contribution < 1.29 is 36.9 Å². The van der Waals surface area contributed by atoms with Gasteiger partial charge in [-0.3, -0.25) is 0 Å². The molecule has 0 fully saturated rings. The van der Waals surface area contributed by atoms with Crippen molar-refractivity contribution in [3.63, 3.8) is 0 Å². The van der Waals surface area contributed by atoms with Crippen LogP contribution in [0.5, 0.6) is 23.1 Å². The molecule has 0 aliphatic carbocycles. The van der Waals surface area contributed by atoms with Crippen LogP contribution in [0.4, 0.5) is 13.2 Å². The first-order chi connectivity index (χ1) is 18.9. The lowest BCUT2D eigenvalue weighted by atomic mass is 10.2. The smallest absolute Gasteiger partial charge is 0.347 e. The van der Waals surface area contributed by atoms with E-state index < -0.39 is 41.3 Å². The second-order valence-corrected chi connectivity index (χ2v) is 7.94. The van der Waals surface area contributed by atoms with Crippen LogP contribution in [0, 0.1) is 28.9 Å². The van der Waals surface area contributed by atoms with Gasteiger partial charge in [-0.25, -0.2) is 9.78 Å². The molecule has 12 heteroatoms. The zero-order valence-electron chi connectivity index (χ0n) is 20.5. The summed E-state index contributed by atoms with van der Waals surface area (Å²) in [7, 11) is 0. The van der Waals surface area contributed by atoms with Gasteiger partial charge in [-0.1, -0.05) is 30.3 Å². The van der Waals surface area contributed by atoms with Gasteiger partial charge in [0.15, 0.2) is 11.5 Å². The number of hydrogen-bond acceptors (Lipinski definition) is 8. The molecule has 0 saturated carbocycles. The number of esters is 1. The van der Waals surface area contributed by atoms with E-state index in [4.69, 9.17) is 18.9 Å². The molecule has 1 N–H and O–H groups in total. The molecule has 2 aromatic carbocycles. The zero-order chi connectivity index (χ0) is 27.8. The zero-order valence-corrected chi connectivity index (χ0v) is 20.5. The molecule has 0 radical (unpaired) electrons. The Labute approximate surface area is 220 Å². The maximum absolute atomic E-state index is 15.5. The highest BCUT2D eigenvalue weighted by atomic mass is 19.2. The second-order valence-electron chi connectivity index (χ2n) is 7.94. The van der Waals surface area contributed by atoms with Crippen LogP contribution < -0.4 is 14.2 Å². The molecule has 1 unspecified atom stereocenters. The van der Waals surface area contributed by atoms with Gasteiger partial charge in [0.05, 0.1) is 30.3 Å². The molecule has 200 valence electrons. The van der Waals surface area contributed by atoms with E-state index in [0.29, 0.717) is 5.69 Å². The van der Waals surface area contributed by atoms with E-state index in [9.17, 15) is 18.8 Å². The van der Waals surface area contributed by atoms with Crippen LogP contribution in [-0.4, -0.2) is 33.6 Å². The second kappa shape index (κ2) is 12.5. The number of nitrogens with one attached hydrogen (secondary N) is 1. The number of pyridine rings is 1. The molecule has 39 heavy (non-hydrogen) atoms. The lowest BCUT2D eigenvalue weighted by Gasteiger charge is -2.19. The van der Waals surface area contributed by atoms with Gasteiger partial charge in [-0.15, -0.1) is 0 Å². The molecule has 0 amide bonds. The van der Waals surface area contributed by atoms with Gasteiger partial charge in [-0.2, -0.15) is 23.4 Å². The Morgan fingerprint density at radius 3 is 2.59 bits per heavy atom. The molecule has 2 heterocycles. The largest absolute Gasteiger partial charge is 0.485 e. The lowest BCUT2D eigenvalue weighted by molar-refractivity contribution is -0.151. The minimum Gasteiger partial charge on any atom is -0.485 e. The number of aromatic amines is 1. The Hall–Kier alpha value is -5.05. The van der Waals surface area contributed by atoms with Crippen molar-refractivity contribution in [3.8, 4) is 29.2 Å². The fourth-order valence-electron chi connectivity index (χ4n) is 3.40. The SMILES string of the molecule is CCOC(=O)C(Cc1c[nH]cn1)Oc1c(F)c(F)nc(Oc2cc(C#N)ccc2OCc2ccccc2)c1F. The maximum atomic E-state index is 15.5. The van der Waals surface area contributed by atoms with Crippen molar-refractivity contribution >= 4 is 5.97 Å². The molecule has 0 bridgehead atoms. The normalized spacial score (nSPS) is 11.4. The predicted octanol–water partition coefficient (Wildman–Crippen LogP) is 5.02. The molecule has 4 aromatic rings.